The molecular weight excluding hydrogens is 228 g/mol. The van der Waals surface area contributed by atoms with Crippen molar-refractivity contribution in [3.8, 4) is 0 Å². The molecule has 88 valence electrons. The fourth-order valence-corrected chi connectivity index (χ4v) is 1.92. The molecule has 6 heteroatoms. The van der Waals surface area contributed by atoms with Gasteiger partial charge in [-0.15, -0.1) is 11.3 Å². The molecule has 1 heterocycles. The SMILES string of the molecule is CCCNC(=O)Cc1nc(CC(=O)O)cs1. The van der Waals surface area contributed by atoms with Crippen LogP contribution in [0.5, 0.6) is 0 Å². The van der Waals surface area contributed by atoms with Crippen LogP contribution < -0.4 is 5.32 Å². The molecule has 0 fully saturated rings. The van der Waals surface area contributed by atoms with Crippen molar-refractivity contribution in [3.63, 3.8) is 0 Å². The van der Waals surface area contributed by atoms with Crippen LogP contribution in [0.25, 0.3) is 0 Å². The predicted octanol–water partition coefficient (Wildman–Crippen LogP) is 0.839. The van der Waals surface area contributed by atoms with Gasteiger partial charge in [0, 0.05) is 11.9 Å². The van der Waals surface area contributed by atoms with E-state index in [1.807, 2.05) is 6.92 Å². The van der Waals surface area contributed by atoms with Crippen LogP contribution in [0.2, 0.25) is 0 Å². The molecule has 0 radical (unpaired) electrons. The van der Waals surface area contributed by atoms with Gasteiger partial charge in [-0.2, -0.15) is 0 Å². The van der Waals surface area contributed by atoms with Crippen molar-refractivity contribution in [1.82, 2.24) is 10.3 Å². The van der Waals surface area contributed by atoms with E-state index in [1.165, 1.54) is 11.3 Å². The van der Waals surface area contributed by atoms with E-state index >= 15 is 0 Å². The number of carbonyl (C=O) groups is 2. The molecule has 1 aromatic heterocycles. The van der Waals surface area contributed by atoms with E-state index in [1.54, 1.807) is 5.38 Å². The average molecular weight is 242 g/mol. The van der Waals surface area contributed by atoms with Crippen molar-refractivity contribution in [2.45, 2.75) is 26.2 Å². The van der Waals surface area contributed by atoms with Gasteiger partial charge in [-0.25, -0.2) is 4.98 Å². The lowest BCUT2D eigenvalue weighted by atomic mass is 10.3. The second-order valence-corrected chi connectivity index (χ2v) is 4.27. The molecule has 1 aromatic rings. The minimum Gasteiger partial charge on any atom is -0.481 e. The Morgan fingerprint density at radius 2 is 2.25 bits per heavy atom. The molecular formula is C10H14N2O3S. The van der Waals surface area contributed by atoms with Crippen molar-refractivity contribution in [2.75, 3.05) is 6.54 Å². The van der Waals surface area contributed by atoms with Gasteiger partial charge in [-0.05, 0) is 6.42 Å². The summed E-state index contributed by atoms with van der Waals surface area (Å²) in [5, 5.41) is 13.6. The van der Waals surface area contributed by atoms with Crippen molar-refractivity contribution < 1.29 is 14.7 Å². The number of carbonyl (C=O) groups excluding carboxylic acids is 1. The predicted molar refractivity (Wildman–Crippen MR) is 60.5 cm³/mol. The lowest BCUT2D eigenvalue weighted by Gasteiger charge is -2.00. The van der Waals surface area contributed by atoms with Crippen LogP contribution in [0.3, 0.4) is 0 Å². The molecule has 16 heavy (non-hydrogen) atoms. The van der Waals surface area contributed by atoms with Crippen molar-refractivity contribution >= 4 is 23.2 Å². The summed E-state index contributed by atoms with van der Waals surface area (Å²) in [6.07, 6.45) is 1.03. The van der Waals surface area contributed by atoms with Gasteiger partial charge >= 0.3 is 5.97 Å². The van der Waals surface area contributed by atoms with E-state index in [2.05, 4.69) is 10.3 Å². The number of carboxylic acid groups (broad SMARTS) is 1. The van der Waals surface area contributed by atoms with Crippen molar-refractivity contribution in [1.29, 1.82) is 0 Å². The largest absolute Gasteiger partial charge is 0.481 e. The Kier molecular flexibility index (Phi) is 4.91. The molecule has 0 aliphatic carbocycles. The zero-order chi connectivity index (χ0) is 12.0. The molecule has 2 N–H and O–H groups in total. The van der Waals surface area contributed by atoms with E-state index in [-0.39, 0.29) is 18.7 Å². The molecule has 0 saturated heterocycles. The van der Waals surface area contributed by atoms with Gasteiger partial charge in [-0.3, -0.25) is 9.59 Å². The molecule has 0 bridgehead atoms. The molecule has 5 nitrogen and oxygen atoms in total. The van der Waals surface area contributed by atoms with Gasteiger partial charge in [-0.1, -0.05) is 6.92 Å². The van der Waals surface area contributed by atoms with E-state index in [4.69, 9.17) is 5.11 Å². The highest BCUT2D eigenvalue weighted by molar-refractivity contribution is 7.09. The number of amides is 1. The first-order valence-electron chi connectivity index (χ1n) is 5.03. The molecule has 0 aromatic carbocycles. The number of hydrogen-bond donors (Lipinski definition) is 2. The van der Waals surface area contributed by atoms with Gasteiger partial charge in [0.15, 0.2) is 0 Å². The zero-order valence-corrected chi connectivity index (χ0v) is 9.84. The number of nitrogens with zero attached hydrogens (tertiary/aromatic N) is 1. The fraction of sp³-hybridized carbons (Fsp3) is 0.500. The Morgan fingerprint density at radius 3 is 2.88 bits per heavy atom. The van der Waals surface area contributed by atoms with Gasteiger partial charge in [0.05, 0.1) is 18.5 Å². The summed E-state index contributed by atoms with van der Waals surface area (Å²) in [5.41, 5.74) is 0.510. The van der Waals surface area contributed by atoms with Crippen molar-refractivity contribution in [2.24, 2.45) is 0 Å². The third-order valence-electron chi connectivity index (χ3n) is 1.82. The van der Waals surface area contributed by atoms with Crippen molar-refractivity contribution in [3.05, 3.63) is 16.1 Å². The number of aromatic nitrogens is 1. The highest BCUT2D eigenvalue weighted by Crippen LogP contribution is 2.10. The highest BCUT2D eigenvalue weighted by Gasteiger charge is 2.09. The molecule has 0 aliphatic heterocycles. The first kappa shape index (κ1) is 12.6. The smallest absolute Gasteiger partial charge is 0.309 e. The summed E-state index contributed by atoms with van der Waals surface area (Å²) in [6, 6.07) is 0. The topological polar surface area (TPSA) is 79.3 Å². The number of aliphatic carboxylic acids is 1. The molecule has 0 saturated carbocycles. The van der Waals surface area contributed by atoms with Crippen LogP contribution in [-0.2, 0) is 22.4 Å². The van der Waals surface area contributed by atoms with Gasteiger partial charge in [0.1, 0.15) is 5.01 Å². The highest BCUT2D eigenvalue weighted by atomic mass is 32.1. The minimum atomic E-state index is -0.910. The second kappa shape index (κ2) is 6.22. The maximum Gasteiger partial charge on any atom is 0.309 e. The Balaban J connectivity index is 2.45. The molecule has 0 aliphatic rings. The molecule has 1 rings (SSSR count). The van der Waals surface area contributed by atoms with Crippen LogP contribution in [0.4, 0.5) is 0 Å². The molecule has 1 amide bonds. The molecule has 0 atom stereocenters. The van der Waals surface area contributed by atoms with E-state index in [9.17, 15) is 9.59 Å². The Morgan fingerprint density at radius 1 is 1.50 bits per heavy atom. The average Bonchev–Trinajstić information content (AvgIpc) is 2.61. The number of rotatable bonds is 6. The third-order valence-corrected chi connectivity index (χ3v) is 2.71. The lowest BCUT2D eigenvalue weighted by molar-refractivity contribution is -0.136. The number of hydrogen-bond acceptors (Lipinski definition) is 4. The maximum absolute atomic E-state index is 11.3. The van der Waals surface area contributed by atoms with Crippen LogP contribution >= 0.6 is 11.3 Å². The first-order chi connectivity index (χ1) is 7.61. The monoisotopic (exact) mass is 242 g/mol. The van der Waals surface area contributed by atoms with Crippen LogP contribution in [0.15, 0.2) is 5.38 Å². The summed E-state index contributed by atoms with van der Waals surface area (Å²) < 4.78 is 0. The van der Waals surface area contributed by atoms with E-state index in [0.29, 0.717) is 17.2 Å². The number of thiazole rings is 1. The normalized spacial score (nSPS) is 10.1. The first-order valence-corrected chi connectivity index (χ1v) is 5.91. The summed E-state index contributed by atoms with van der Waals surface area (Å²) in [6.45, 7) is 2.64. The maximum atomic E-state index is 11.3. The van der Waals surface area contributed by atoms with E-state index < -0.39 is 5.97 Å². The van der Waals surface area contributed by atoms with Crippen LogP contribution in [0.1, 0.15) is 24.0 Å². The van der Waals surface area contributed by atoms with E-state index in [0.717, 1.165) is 6.42 Å². The van der Waals surface area contributed by atoms with Gasteiger partial charge < -0.3 is 10.4 Å². The molecule has 0 spiro atoms. The minimum absolute atomic E-state index is 0.0712. The second-order valence-electron chi connectivity index (χ2n) is 3.33. The number of carboxylic acids is 1. The Labute approximate surface area is 97.5 Å². The summed E-state index contributed by atoms with van der Waals surface area (Å²) in [7, 11) is 0. The fourth-order valence-electron chi connectivity index (χ4n) is 1.13. The molecule has 0 unspecified atom stereocenters. The van der Waals surface area contributed by atoms with Crippen LogP contribution in [0, 0.1) is 0 Å². The van der Waals surface area contributed by atoms with Gasteiger partial charge in [0.2, 0.25) is 5.91 Å². The Hall–Kier alpha value is -1.43. The zero-order valence-electron chi connectivity index (χ0n) is 9.02. The summed E-state index contributed by atoms with van der Waals surface area (Å²) >= 11 is 1.32. The van der Waals surface area contributed by atoms with Gasteiger partial charge in [0.25, 0.3) is 0 Å². The summed E-state index contributed by atoms with van der Waals surface area (Å²) in [4.78, 5) is 25.8. The van der Waals surface area contributed by atoms with Crippen LogP contribution in [-0.4, -0.2) is 28.5 Å². The third kappa shape index (κ3) is 4.39. The quantitative estimate of drug-likeness (QED) is 0.774. The lowest BCUT2D eigenvalue weighted by Crippen LogP contribution is -2.25. The standard InChI is InChI=1S/C10H14N2O3S/c1-2-3-11-8(13)5-9-12-7(6-16-9)4-10(14)15/h6H,2-5H2,1H3,(H,11,13)(H,14,15). The number of nitrogens with one attached hydrogen (secondary N) is 1. The summed E-state index contributed by atoms with van der Waals surface area (Å²) in [5.74, 6) is -0.981. The Bertz CT molecular complexity index is 376.